The fourth-order valence-corrected chi connectivity index (χ4v) is 1.43. The quantitative estimate of drug-likeness (QED) is 0.847. The molecule has 82 valence electrons. The molecule has 0 unspecified atom stereocenters. The van der Waals surface area contributed by atoms with E-state index < -0.39 is 5.91 Å². The number of nitrogens with two attached hydrogens (primary N) is 2. The number of amides is 1. The Morgan fingerprint density at radius 2 is 2.19 bits per heavy atom. The Labute approximate surface area is 99.4 Å². The van der Waals surface area contributed by atoms with Crippen molar-refractivity contribution in [2.24, 2.45) is 5.73 Å². The number of rotatable bonds is 2. The second-order valence-corrected chi connectivity index (χ2v) is 3.99. The summed E-state index contributed by atoms with van der Waals surface area (Å²) in [5, 5.41) is 3.95. The van der Waals surface area contributed by atoms with E-state index >= 15 is 0 Å². The van der Waals surface area contributed by atoms with Crippen LogP contribution in [0, 0.1) is 0 Å². The molecular formula is C9H8BrN5O. The fourth-order valence-electron chi connectivity index (χ4n) is 1.20. The van der Waals surface area contributed by atoms with Gasteiger partial charge in [0, 0.05) is 10.7 Å². The van der Waals surface area contributed by atoms with Crippen LogP contribution in [0.3, 0.4) is 0 Å². The zero-order valence-electron chi connectivity index (χ0n) is 8.09. The average molecular weight is 282 g/mol. The number of nitrogen functional groups attached to an aromatic ring is 1. The molecule has 0 spiro atoms. The maximum absolute atomic E-state index is 11.0. The van der Waals surface area contributed by atoms with E-state index in [1.807, 2.05) is 6.07 Å². The molecule has 0 saturated carbocycles. The molecule has 7 heteroatoms. The van der Waals surface area contributed by atoms with Gasteiger partial charge in [0.05, 0.1) is 11.9 Å². The predicted molar refractivity (Wildman–Crippen MR) is 62.0 cm³/mol. The minimum Gasteiger partial charge on any atom is -0.396 e. The number of primary amides is 1. The van der Waals surface area contributed by atoms with Gasteiger partial charge in [-0.15, -0.1) is 0 Å². The molecule has 0 bridgehead atoms. The Morgan fingerprint density at radius 1 is 1.44 bits per heavy atom. The molecule has 0 aliphatic heterocycles. The first-order chi connectivity index (χ1) is 7.58. The van der Waals surface area contributed by atoms with Crippen molar-refractivity contribution in [3.63, 3.8) is 0 Å². The first kappa shape index (κ1) is 10.6. The van der Waals surface area contributed by atoms with Crippen molar-refractivity contribution in [1.29, 1.82) is 0 Å². The molecule has 2 aromatic rings. The van der Waals surface area contributed by atoms with E-state index in [1.165, 1.54) is 10.9 Å². The van der Waals surface area contributed by atoms with Crippen LogP contribution in [0.4, 0.5) is 5.69 Å². The highest BCUT2D eigenvalue weighted by Crippen LogP contribution is 2.14. The van der Waals surface area contributed by atoms with E-state index in [-0.39, 0.29) is 11.4 Å². The first-order valence-corrected chi connectivity index (χ1v) is 5.14. The van der Waals surface area contributed by atoms with Gasteiger partial charge in [-0.05, 0) is 28.1 Å². The third-order valence-electron chi connectivity index (χ3n) is 1.92. The number of hydrogen-bond acceptors (Lipinski definition) is 4. The molecule has 0 aliphatic carbocycles. The molecule has 2 rings (SSSR count). The highest BCUT2D eigenvalue weighted by molar-refractivity contribution is 9.10. The maximum atomic E-state index is 11.0. The van der Waals surface area contributed by atoms with Crippen LogP contribution in [0.1, 0.15) is 10.5 Å². The van der Waals surface area contributed by atoms with Crippen molar-refractivity contribution in [3.8, 4) is 5.82 Å². The zero-order chi connectivity index (χ0) is 11.7. The number of pyridine rings is 1. The van der Waals surface area contributed by atoms with Gasteiger partial charge in [0.25, 0.3) is 5.91 Å². The van der Waals surface area contributed by atoms with Gasteiger partial charge in [0.2, 0.25) is 0 Å². The largest absolute Gasteiger partial charge is 0.396 e. The van der Waals surface area contributed by atoms with Gasteiger partial charge in [-0.3, -0.25) is 4.79 Å². The van der Waals surface area contributed by atoms with Crippen LogP contribution in [0.2, 0.25) is 0 Å². The van der Waals surface area contributed by atoms with Gasteiger partial charge < -0.3 is 11.5 Å². The topological polar surface area (TPSA) is 99.8 Å². The van der Waals surface area contributed by atoms with Crippen molar-refractivity contribution in [2.75, 3.05) is 5.73 Å². The van der Waals surface area contributed by atoms with Crippen molar-refractivity contribution in [2.45, 2.75) is 0 Å². The van der Waals surface area contributed by atoms with Crippen LogP contribution in [-0.4, -0.2) is 20.7 Å². The van der Waals surface area contributed by atoms with Gasteiger partial charge >= 0.3 is 0 Å². The highest BCUT2D eigenvalue weighted by atomic mass is 79.9. The molecule has 6 nitrogen and oxygen atoms in total. The molecule has 1 amide bonds. The van der Waals surface area contributed by atoms with Gasteiger partial charge in [-0.25, -0.2) is 9.67 Å². The normalized spacial score (nSPS) is 10.3. The summed E-state index contributed by atoms with van der Waals surface area (Å²) >= 11 is 3.27. The summed E-state index contributed by atoms with van der Waals surface area (Å²) in [4.78, 5) is 15.1. The Morgan fingerprint density at radius 3 is 2.69 bits per heavy atom. The smallest absolute Gasteiger partial charge is 0.271 e. The van der Waals surface area contributed by atoms with Crippen LogP contribution in [0.15, 0.2) is 29.0 Å². The van der Waals surface area contributed by atoms with Crippen LogP contribution in [0.25, 0.3) is 5.82 Å². The first-order valence-electron chi connectivity index (χ1n) is 4.35. The summed E-state index contributed by atoms with van der Waals surface area (Å²) < 4.78 is 2.26. The zero-order valence-corrected chi connectivity index (χ0v) is 9.68. The van der Waals surface area contributed by atoms with E-state index in [0.29, 0.717) is 5.82 Å². The minimum absolute atomic E-state index is 0.0460. The molecule has 4 N–H and O–H groups in total. The number of aromatic nitrogens is 3. The lowest BCUT2D eigenvalue weighted by atomic mass is 10.4. The van der Waals surface area contributed by atoms with Crippen molar-refractivity contribution >= 4 is 27.5 Å². The van der Waals surface area contributed by atoms with E-state index in [1.54, 1.807) is 12.3 Å². The third kappa shape index (κ3) is 1.89. The standard InChI is InChI=1S/C9H8BrN5O/c10-5-1-2-7(13-3-5)15-4-6(11)8(14-15)9(12)16/h1-4H,11H2,(H2,12,16). The van der Waals surface area contributed by atoms with Gasteiger partial charge in [0.1, 0.15) is 0 Å². The SMILES string of the molecule is NC(=O)c1nn(-c2ccc(Br)cn2)cc1N. The summed E-state index contributed by atoms with van der Waals surface area (Å²) in [7, 11) is 0. The summed E-state index contributed by atoms with van der Waals surface area (Å²) in [6.07, 6.45) is 3.12. The molecule has 16 heavy (non-hydrogen) atoms. The highest BCUT2D eigenvalue weighted by Gasteiger charge is 2.12. The summed E-state index contributed by atoms with van der Waals surface area (Å²) in [5.74, 6) is -0.101. The van der Waals surface area contributed by atoms with E-state index in [2.05, 4.69) is 26.0 Å². The monoisotopic (exact) mass is 281 g/mol. The van der Waals surface area contributed by atoms with Crippen LogP contribution >= 0.6 is 15.9 Å². The maximum Gasteiger partial charge on any atom is 0.271 e. The molecule has 0 aliphatic rings. The summed E-state index contributed by atoms with van der Waals surface area (Å²) in [6, 6.07) is 3.55. The molecule has 2 heterocycles. The number of anilines is 1. The van der Waals surface area contributed by atoms with Gasteiger partial charge in [0.15, 0.2) is 11.5 Å². The van der Waals surface area contributed by atoms with Gasteiger partial charge in [-0.1, -0.05) is 0 Å². The molecule has 0 radical (unpaired) electrons. The number of hydrogen-bond donors (Lipinski definition) is 2. The van der Waals surface area contributed by atoms with E-state index in [0.717, 1.165) is 4.47 Å². The van der Waals surface area contributed by atoms with Crippen LogP contribution in [-0.2, 0) is 0 Å². The lowest BCUT2D eigenvalue weighted by Crippen LogP contribution is -2.14. The third-order valence-corrected chi connectivity index (χ3v) is 2.39. The molecule has 0 aromatic carbocycles. The van der Waals surface area contributed by atoms with Gasteiger partial charge in [-0.2, -0.15) is 5.10 Å². The Balaban J connectivity index is 2.45. The Hall–Kier alpha value is -1.89. The van der Waals surface area contributed by atoms with Crippen molar-refractivity contribution in [1.82, 2.24) is 14.8 Å². The van der Waals surface area contributed by atoms with Crippen LogP contribution < -0.4 is 11.5 Å². The number of carbonyl (C=O) groups excluding carboxylic acids is 1. The minimum atomic E-state index is -0.659. The Kier molecular flexibility index (Phi) is 2.61. The molecule has 2 aromatic heterocycles. The average Bonchev–Trinajstić information content (AvgIpc) is 2.61. The van der Waals surface area contributed by atoms with Crippen LogP contribution in [0.5, 0.6) is 0 Å². The number of nitrogens with zero attached hydrogens (tertiary/aromatic N) is 3. The van der Waals surface area contributed by atoms with E-state index in [4.69, 9.17) is 11.5 Å². The summed E-state index contributed by atoms with van der Waals surface area (Å²) in [5.41, 5.74) is 11.0. The number of halogens is 1. The molecular weight excluding hydrogens is 274 g/mol. The molecule has 0 atom stereocenters. The molecule has 0 fully saturated rings. The lowest BCUT2D eigenvalue weighted by molar-refractivity contribution is 0.0996. The lowest BCUT2D eigenvalue weighted by Gasteiger charge is -1.98. The Bertz CT molecular complexity index is 533. The number of carbonyl (C=O) groups is 1. The van der Waals surface area contributed by atoms with Crippen molar-refractivity contribution in [3.05, 3.63) is 34.7 Å². The summed E-state index contributed by atoms with van der Waals surface area (Å²) in [6.45, 7) is 0. The fraction of sp³-hybridized carbons (Fsp3) is 0. The predicted octanol–water partition coefficient (Wildman–Crippen LogP) is 0.711. The van der Waals surface area contributed by atoms with E-state index in [9.17, 15) is 4.79 Å². The molecule has 0 saturated heterocycles. The second kappa shape index (κ2) is 3.93. The van der Waals surface area contributed by atoms with Crippen molar-refractivity contribution < 1.29 is 4.79 Å². The second-order valence-electron chi connectivity index (χ2n) is 3.08.